The van der Waals surface area contributed by atoms with Crippen molar-refractivity contribution >= 4 is 0 Å². The van der Waals surface area contributed by atoms with Gasteiger partial charge in [-0.25, -0.2) is 0 Å². The molecule has 2 aromatic rings. The molecule has 1 N–H and O–H groups in total. The minimum absolute atomic E-state index is 0.477. The Morgan fingerprint density at radius 1 is 1.00 bits per heavy atom. The molecule has 0 unspecified atom stereocenters. The topological polar surface area (TPSA) is 20.2 Å². The second-order valence-corrected chi connectivity index (χ2v) is 5.36. The molecule has 1 aliphatic rings. The van der Waals surface area contributed by atoms with Gasteiger partial charge in [0.2, 0.25) is 0 Å². The first kappa shape index (κ1) is 12.3. The van der Waals surface area contributed by atoms with E-state index >= 15 is 0 Å². The maximum Gasteiger partial charge on any atom is 0.126 e. The van der Waals surface area contributed by atoms with Crippen molar-refractivity contribution in [2.75, 3.05) is 0 Å². The van der Waals surface area contributed by atoms with Crippen molar-refractivity contribution in [2.45, 2.75) is 39.0 Å². The SMILES string of the molecule is CCCc1cccc(-c2cccc3c2CCC3)c1O. The predicted octanol–water partition coefficient (Wildman–Crippen LogP) is 4.50. The molecule has 3 rings (SSSR count). The molecular formula is C18H20O. The molecule has 1 nitrogen and oxygen atoms in total. The molecule has 98 valence electrons. The molecule has 0 saturated heterocycles. The summed E-state index contributed by atoms with van der Waals surface area (Å²) in [7, 11) is 0. The Bertz CT molecular complexity index is 599. The van der Waals surface area contributed by atoms with Crippen LogP contribution in [0.5, 0.6) is 5.75 Å². The molecule has 0 radical (unpaired) electrons. The smallest absolute Gasteiger partial charge is 0.126 e. The van der Waals surface area contributed by atoms with Crippen molar-refractivity contribution in [1.82, 2.24) is 0 Å². The average molecular weight is 252 g/mol. The van der Waals surface area contributed by atoms with E-state index in [4.69, 9.17) is 0 Å². The van der Waals surface area contributed by atoms with E-state index in [1.807, 2.05) is 12.1 Å². The van der Waals surface area contributed by atoms with E-state index in [-0.39, 0.29) is 0 Å². The van der Waals surface area contributed by atoms with Gasteiger partial charge < -0.3 is 5.11 Å². The van der Waals surface area contributed by atoms with Gasteiger partial charge in [-0.15, -0.1) is 0 Å². The molecule has 19 heavy (non-hydrogen) atoms. The zero-order valence-corrected chi connectivity index (χ0v) is 11.4. The fourth-order valence-electron chi connectivity index (χ4n) is 3.15. The minimum atomic E-state index is 0.477. The first-order valence-electron chi connectivity index (χ1n) is 7.23. The van der Waals surface area contributed by atoms with Crippen LogP contribution in [-0.4, -0.2) is 5.11 Å². The molecule has 1 aliphatic carbocycles. The lowest BCUT2D eigenvalue weighted by Gasteiger charge is -2.13. The fraction of sp³-hybridized carbons (Fsp3) is 0.333. The van der Waals surface area contributed by atoms with Crippen molar-refractivity contribution in [3.05, 3.63) is 53.1 Å². The number of benzene rings is 2. The molecule has 0 saturated carbocycles. The van der Waals surface area contributed by atoms with Gasteiger partial charge in [0.15, 0.2) is 0 Å². The molecule has 2 aromatic carbocycles. The molecule has 0 aromatic heterocycles. The highest BCUT2D eigenvalue weighted by atomic mass is 16.3. The van der Waals surface area contributed by atoms with E-state index < -0.39 is 0 Å². The summed E-state index contributed by atoms with van der Waals surface area (Å²) < 4.78 is 0. The lowest BCUT2D eigenvalue weighted by molar-refractivity contribution is 0.469. The zero-order chi connectivity index (χ0) is 13.2. The van der Waals surface area contributed by atoms with Crippen LogP contribution in [0.25, 0.3) is 11.1 Å². The third-order valence-electron chi connectivity index (χ3n) is 4.08. The Kier molecular flexibility index (Phi) is 3.29. The van der Waals surface area contributed by atoms with Crippen LogP contribution in [0, 0.1) is 0 Å². The largest absolute Gasteiger partial charge is 0.507 e. The van der Waals surface area contributed by atoms with Crippen molar-refractivity contribution in [3.8, 4) is 16.9 Å². The van der Waals surface area contributed by atoms with Gasteiger partial charge >= 0.3 is 0 Å². The summed E-state index contributed by atoms with van der Waals surface area (Å²) >= 11 is 0. The van der Waals surface area contributed by atoms with Gasteiger partial charge in [0.1, 0.15) is 5.75 Å². The van der Waals surface area contributed by atoms with E-state index in [1.165, 1.54) is 29.5 Å². The summed E-state index contributed by atoms with van der Waals surface area (Å²) in [4.78, 5) is 0. The highest BCUT2D eigenvalue weighted by molar-refractivity contribution is 5.76. The lowest BCUT2D eigenvalue weighted by Crippen LogP contribution is -1.92. The van der Waals surface area contributed by atoms with Crippen LogP contribution in [0.4, 0.5) is 0 Å². The summed E-state index contributed by atoms with van der Waals surface area (Å²) in [6.07, 6.45) is 5.56. The molecule has 0 fully saturated rings. The highest BCUT2D eigenvalue weighted by Crippen LogP contribution is 2.38. The molecule has 0 atom stereocenters. The van der Waals surface area contributed by atoms with Crippen LogP contribution >= 0.6 is 0 Å². The van der Waals surface area contributed by atoms with Crippen molar-refractivity contribution in [1.29, 1.82) is 0 Å². The number of aryl methyl sites for hydroxylation is 2. The summed E-state index contributed by atoms with van der Waals surface area (Å²) in [6, 6.07) is 12.6. The molecule has 0 spiro atoms. The number of rotatable bonds is 3. The standard InChI is InChI=1S/C18H20O/c1-2-6-14-9-5-12-17(18(14)19)16-11-4-8-13-7-3-10-15(13)16/h4-5,8-9,11-12,19H,2-3,6-7,10H2,1H3. The number of phenolic OH excluding ortho intramolecular Hbond substituents is 1. The molecule has 0 aliphatic heterocycles. The molecule has 0 heterocycles. The Labute approximate surface area is 114 Å². The number of phenols is 1. The van der Waals surface area contributed by atoms with Crippen LogP contribution < -0.4 is 0 Å². The highest BCUT2D eigenvalue weighted by Gasteiger charge is 2.17. The number of hydrogen-bond acceptors (Lipinski definition) is 1. The third-order valence-corrected chi connectivity index (χ3v) is 4.08. The number of hydrogen-bond donors (Lipinski definition) is 1. The quantitative estimate of drug-likeness (QED) is 0.852. The average Bonchev–Trinajstić information content (AvgIpc) is 2.90. The number of para-hydroxylation sites is 1. The van der Waals surface area contributed by atoms with Gasteiger partial charge in [0.05, 0.1) is 0 Å². The van der Waals surface area contributed by atoms with Crippen molar-refractivity contribution in [3.63, 3.8) is 0 Å². The maximum absolute atomic E-state index is 10.5. The maximum atomic E-state index is 10.5. The summed E-state index contributed by atoms with van der Waals surface area (Å²) in [6.45, 7) is 2.15. The Hall–Kier alpha value is -1.76. The first-order chi connectivity index (χ1) is 9.31. The van der Waals surface area contributed by atoms with Crippen LogP contribution in [0.1, 0.15) is 36.5 Å². The molecule has 0 amide bonds. The molecule has 0 bridgehead atoms. The van der Waals surface area contributed by atoms with Gasteiger partial charge in [-0.3, -0.25) is 0 Å². The second kappa shape index (κ2) is 5.08. The Morgan fingerprint density at radius 3 is 2.63 bits per heavy atom. The van der Waals surface area contributed by atoms with E-state index in [0.29, 0.717) is 5.75 Å². The predicted molar refractivity (Wildman–Crippen MR) is 79.6 cm³/mol. The summed E-state index contributed by atoms with van der Waals surface area (Å²) in [5, 5.41) is 10.5. The van der Waals surface area contributed by atoms with Gasteiger partial charge in [-0.05, 0) is 47.9 Å². The van der Waals surface area contributed by atoms with Crippen LogP contribution in [0.3, 0.4) is 0 Å². The van der Waals surface area contributed by atoms with Crippen LogP contribution in [-0.2, 0) is 19.3 Å². The summed E-state index contributed by atoms with van der Waals surface area (Å²) in [5.74, 6) is 0.477. The Balaban J connectivity index is 2.13. The normalized spacial score (nSPS) is 13.5. The minimum Gasteiger partial charge on any atom is -0.507 e. The number of aromatic hydroxyl groups is 1. The third kappa shape index (κ3) is 2.14. The zero-order valence-electron chi connectivity index (χ0n) is 11.4. The van der Waals surface area contributed by atoms with Crippen LogP contribution in [0.2, 0.25) is 0 Å². The Morgan fingerprint density at radius 2 is 1.79 bits per heavy atom. The van der Waals surface area contributed by atoms with E-state index in [2.05, 4.69) is 31.2 Å². The fourth-order valence-corrected chi connectivity index (χ4v) is 3.15. The van der Waals surface area contributed by atoms with Gasteiger partial charge in [-0.2, -0.15) is 0 Å². The first-order valence-corrected chi connectivity index (χ1v) is 7.23. The molecule has 1 heteroatoms. The number of fused-ring (bicyclic) bond motifs is 1. The van der Waals surface area contributed by atoms with E-state index in [0.717, 1.165) is 30.4 Å². The summed E-state index contributed by atoms with van der Waals surface area (Å²) in [5.41, 5.74) is 6.19. The van der Waals surface area contributed by atoms with Gasteiger partial charge in [0, 0.05) is 5.56 Å². The lowest BCUT2D eigenvalue weighted by atomic mass is 9.94. The molecular weight excluding hydrogens is 232 g/mol. The van der Waals surface area contributed by atoms with Crippen molar-refractivity contribution in [2.24, 2.45) is 0 Å². The van der Waals surface area contributed by atoms with Gasteiger partial charge in [-0.1, -0.05) is 49.7 Å². The van der Waals surface area contributed by atoms with Crippen molar-refractivity contribution < 1.29 is 5.11 Å². The van der Waals surface area contributed by atoms with Gasteiger partial charge in [0.25, 0.3) is 0 Å². The van der Waals surface area contributed by atoms with E-state index in [9.17, 15) is 5.11 Å². The monoisotopic (exact) mass is 252 g/mol. The second-order valence-electron chi connectivity index (χ2n) is 5.36. The van der Waals surface area contributed by atoms with Crippen LogP contribution in [0.15, 0.2) is 36.4 Å². The van der Waals surface area contributed by atoms with E-state index in [1.54, 1.807) is 0 Å².